The van der Waals surface area contributed by atoms with Gasteiger partial charge in [0, 0.05) is 23.6 Å². The molecule has 0 amide bonds. The lowest BCUT2D eigenvalue weighted by molar-refractivity contribution is -0.0511. The Labute approximate surface area is 194 Å². The van der Waals surface area contributed by atoms with E-state index in [1.165, 1.54) is 12.7 Å². The number of ether oxygens (including phenoxy) is 2. The van der Waals surface area contributed by atoms with Crippen molar-refractivity contribution in [3.05, 3.63) is 72.3 Å². The third-order valence-electron chi connectivity index (χ3n) is 6.43. The summed E-state index contributed by atoms with van der Waals surface area (Å²) >= 11 is 0. The van der Waals surface area contributed by atoms with E-state index in [9.17, 15) is 15.3 Å². The SMILES string of the molecule is OCC1OC(n2cnc3c(NCC4c5ccccc5Oc5ccccc54)ncnc32)C(O)C1O. The molecule has 6 rings (SSSR count). The Balaban J connectivity index is 1.31. The van der Waals surface area contributed by atoms with Gasteiger partial charge >= 0.3 is 0 Å². The Morgan fingerprint density at radius 3 is 2.29 bits per heavy atom. The number of hydrogen-bond donors (Lipinski definition) is 4. The van der Waals surface area contributed by atoms with Crippen LogP contribution in [0.1, 0.15) is 23.3 Å². The summed E-state index contributed by atoms with van der Waals surface area (Å²) in [5, 5.41) is 33.3. The van der Waals surface area contributed by atoms with E-state index in [1.54, 1.807) is 4.57 Å². The number of aromatic nitrogens is 4. The maximum Gasteiger partial charge on any atom is 0.167 e. The molecular formula is C24H23N5O5. The second kappa shape index (κ2) is 8.33. The minimum atomic E-state index is -1.23. The molecule has 174 valence electrons. The molecule has 0 spiro atoms. The second-order valence-corrected chi connectivity index (χ2v) is 8.39. The molecule has 4 heterocycles. The molecule has 0 aliphatic carbocycles. The van der Waals surface area contributed by atoms with Gasteiger partial charge in [-0.1, -0.05) is 36.4 Å². The number of aliphatic hydroxyl groups excluding tert-OH is 3. The first-order chi connectivity index (χ1) is 16.7. The highest BCUT2D eigenvalue weighted by molar-refractivity contribution is 5.82. The van der Waals surface area contributed by atoms with E-state index < -0.39 is 31.1 Å². The van der Waals surface area contributed by atoms with Gasteiger partial charge in [0.25, 0.3) is 0 Å². The van der Waals surface area contributed by atoms with Crippen LogP contribution in [-0.4, -0.2) is 66.3 Å². The summed E-state index contributed by atoms with van der Waals surface area (Å²) in [5.74, 6) is 2.23. The number of nitrogens with one attached hydrogen (secondary N) is 1. The minimum Gasteiger partial charge on any atom is -0.457 e. The third-order valence-corrected chi connectivity index (χ3v) is 6.43. The van der Waals surface area contributed by atoms with Gasteiger partial charge in [-0.05, 0) is 12.1 Å². The number of aliphatic hydroxyl groups is 3. The molecule has 1 fully saturated rings. The van der Waals surface area contributed by atoms with Crippen molar-refractivity contribution in [1.29, 1.82) is 0 Å². The van der Waals surface area contributed by atoms with E-state index in [2.05, 4.69) is 32.4 Å². The molecule has 4 atom stereocenters. The van der Waals surface area contributed by atoms with Gasteiger partial charge < -0.3 is 30.1 Å². The van der Waals surface area contributed by atoms with Crippen molar-refractivity contribution in [2.45, 2.75) is 30.5 Å². The number of rotatable bonds is 5. The Hall–Kier alpha value is -3.57. The summed E-state index contributed by atoms with van der Waals surface area (Å²) in [6.45, 7) is 0.140. The summed E-state index contributed by atoms with van der Waals surface area (Å²) in [5.41, 5.74) is 3.11. The topological polar surface area (TPSA) is 135 Å². The highest BCUT2D eigenvalue weighted by Crippen LogP contribution is 2.44. The lowest BCUT2D eigenvalue weighted by Gasteiger charge is -2.28. The van der Waals surface area contributed by atoms with Gasteiger partial charge in [-0.25, -0.2) is 15.0 Å². The molecule has 2 aromatic heterocycles. The molecule has 1 saturated heterocycles. The zero-order valence-electron chi connectivity index (χ0n) is 18.0. The standard InChI is InChI=1S/C24H23N5O5/c30-10-18-20(31)21(32)24(34-18)29-12-28-19-22(26-11-27-23(19)29)25-9-15-13-5-1-3-7-16(13)33-17-8-4-2-6-14(15)17/h1-8,11-12,15,18,20-21,24,30-32H,9-10H2,(H,25,26,27). The predicted octanol–water partition coefficient (Wildman–Crippen LogP) is 1.79. The van der Waals surface area contributed by atoms with Crippen LogP contribution in [0.25, 0.3) is 11.2 Å². The molecule has 4 unspecified atom stereocenters. The molecule has 4 aromatic rings. The van der Waals surface area contributed by atoms with Crippen LogP contribution in [0.4, 0.5) is 5.82 Å². The van der Waals surface area contributed by atoms with E-state index in [0.717, 1.165) is 22.6 Å². The van der Waals surface area contributed by atoms with Gasteiger partial charge in [0.15, 0.2) is 23.2 Å². The quantitative estimate of drug-likeness (QED) is 0.351. The Bertz CT molecular complexity index is 1300. The molecular weight excluding hydrogens is 438 g/mol. The van der Waals surface area contributed by atoms with Crippen molar-refractivity contribution in [1.82, 2.24) is 19.5 Å². The van der Waals surface area contributed by atoms with E-state index in [-0.39, 0.29) is 5.92 Å². The second-order valence-electron chi connectivity index (χ2n) is 8.39. The fourth-order valence-electron chi connectivity index (χ4n) is 4.70. The molecule has 2 aliphatic heterocycles. The van der Waals surface area contributed by atoms with Crippen molar-refractivity contribution in [3.63, 3.8) is 0 Å². The molecule has 0 radical (unpaired) electrons. The third kappa shape index (κ3) is 3.31. The number of benzene rings is 2. The maximum atomic E-state index is 10.4. The molecule has 2 aliphatic rings. The Morgan fingerprint density at radius 1 is 0.912 bits per heavy atom. The van der Waals surface area contributed by atoms with Crippen LogP contribution < -0.4 is 10.1 Å². The van der Waals surface area contributed by atoms with Crippen molar-refractivity contribution in [3.8, 4) is 11.5 Å². The zero-order valence-corrected chi connectivity index (χ0v) is 18.0. The van der Waals surface area contributed by atoms with Gasteiger partial charge in [-0.3, -0.25) is 4.57 Å². The molecule has 34 heavy (non-hydrogen) atoms. The van der Waals surface area contributed by atoms with Gasteiger partial charge in [0.2, 0.25) is 0 Å². The summed E-state index contributed by atoms with van der Waals surface area (Å²) in [6, 6.07) is 15.9. The number of hydrogen-bond acceptors (Lipinski definition) is 9. The van der Waals surface area contributed by atoms with Crippen molar-refractivity contribution < 1.29 is 24.8 Å². The zero-order chi connectivity index (χ0) is 23.2. The first-order valence-corrected chi connectivity index (χ1v) is 11.0. The van der Waals surface area contributed by atoms with Crippen LogP contribution in [0, 0.1) is 0 Å². The highest BCUT2D eigenvalue weighted by Gasteiger charge is 2.44. The van der Waals surface area contributed by atoms with Gasteiger partial charge in [-0.15, -0.1) is 0 Å². The summed E-state index contributed by atoms with van der Waals surface area (Å²) in [6.07, 6.45) is -1.34. The lowest BCUT2D eigenvalue weighted by Crippen LogP contribution is -2.33. The molecule has 0 saturated carbocycles. The van der Waals surface area contributed by atoms with Crippen molar-refractivity contribution in [2.75, 3.05) is 18.5 Å². The number of fused-ring (bicyclic) bond motifs is 3. The first kappa shape index (κ1) is 21.0. The molecule has 10 nitrogen and oxygen atoms in total. The van der Waals surface area contributed by atoms with E-state index in [4.69, 9.17) is 9.47 Å². The van der Waals surface area contributed by atoms with Gasteiger partial charge in [-0.2, -0.15) is 0 Å². The number of nitrogens with zero attached hydrogens (tertiary/aromatic N) is 4. The van der Waals surface area contributed by atoms with Crippen LogP contribution in [0.5, 0.6) is 11.5 Å². The number of imidazole rings is 1. The van der Waals surface area contributed by atoms with Crippen molar-refractivity contribution in [2.24, 2.45) is 0 Å². The van der Waals surface area contributed by atoms with E-state index in [1.807, 2.05) is 36.4 Å². The smallest absolute Gasteiger partial charge is 0.167 e. The predicted molar refractivity (Wildman–Crippen MR) is 122 cm³/mol. The minimum absolute atomic E-state index is 0.0358. The molecule has 4 N–H and O–H groups in total. The van der Waals surface area contributed by atoms with Crippen LogP contribution in [0.2, 0.25) is 0 Å². The molecule has 10 heteroatoms. The summed E-state index contributed by atoms with van der Waals surface area (Å²) < 4.78 is 13.3. The van der Waals surface area contributed by atoms with E-state index >= 15 is 0 Å². The van der Waals surface area contributed by atoms with Crippen molar-refractivity contribution >= 4 is 17.0 Å². The van der Waals surface area contributed by atoms with Gasteiger partial charge in [0.1, 0.15) is 36.1 Å². The monoisotopic (exact) mass is 461 g/mol. The van der Waals surface area contributed by atoms with Crippen LogP contribution in [0.15, 0.2) is 61.2 Å². The number of para-hydroxylation sites is 2. The maximum absolute atomic E-state index is 10.4. The van der Waals surface area contributed by atoms with Crippen LogP contribution in [0.3, 0.4) is 0 Å². The summed E-state index contributed by atoms with van der Waals surface area (Å²) in [7, 11) is 0. The first-order valence-electron chi connectivity index (χ1n) is 11.0. The van der Waals surface area contributed by atoms with Crippen LogP contribution >= 0.6 is 0 Å². The van der Waals surface area contributed by atoms with Gasteiger partial charge in [0.05, 0.1) is 12.9 Å². The number of anilines is 1. The Kier molecular flexibility index (Phi) is 5.15. The molecule has 2 aromatic carbocycles. The van der Waals surface area contributed by atoms with E-state index in [0.29, 0.717) is 23.5 Å². The Morgan fingerprint density at radius 2 is 1.62 bits per heavy atom. The highest BCUT2D eigenvalue weighted by atomic mass is 16.6. The average Bonchev–Trinajstić information content (AvgIpc) is 3.42. The average molecular weight is 461 g/mol. The fraction of sp³-hybridized carbons (Fsp3) is 0.292. The molecule has 0 bridgehead atoms. The normalized spacial score (nSPS) is 24.0. The van der Waals surface area contributed by atoms with Crippen LogP contribution in [-0.2, 0) is 4.74 Å². The lowest BCUT2D eigenvalue weighted by atomic mass is 9.88. The largest absolute Gasteiger partial charge is 0.457 e. The summed E-state index contributed by atoms with van der Waals surface area (Å²) in [4.78, 5) is 13.1. The fourth-order valence-corrected chi connectivity index (χ4v) is 4.70.